The summed E-state index contributed by atoms with van der Waals surface area (Å²) in [6.07, 6.45) is 6.86. The molecule has 1 aromatic carbocycles. The van der Waals surface area contributed by atoms with E-state index >= 15 is 0 Å². The lowest BCUT2D eigenvalue weighted by atomic mass is 9.91. The van der Waals surface area contributed by atoms with Gasteiger partial charge in [0, 0.05) is 18.9 Å². The lowest BCUT2D eigenvalue weighted by molar-refractivity contribution is -0.136. The van der Waals surface area contributed by atoms with Crippen molar-refractivity contribution in [3.63, 3.8) is 0 Å². The quantitative estimate of drug-likeness (QED) is 0.420. The largest absolute Gasteiger partial charge is 0.507 e. The summed E-state index contributed by atoms with van der Waals surface area (Å²) < 4.78 is 10.5. The molecule has 0 fully saturated rings. The van der Waals surface area contributed by atoms with Crippen LogP contribution in [-0.2, 0) is 20.7 Å². The first-order valence-electron chi connectivity index (χ1n) is 10.1. The van der Waals surface area contributed by atoms with Crippen LogP contribution in [0.15, 0.2) is 43.0 Å². The Balaban J connectivity index is 0.00000450. The Morgan fingerprint density at radius 3 is 2.87 bits per heavy atom. The van der Waals surface area contributed by atoms with E-state index in [9.17, 15) is 19.8 Å². The van der Waals surface area contributed by atoms with Crippen LogP contribution in [0.25, 0.3) is 0 Å². The Morgan fingerprint density at radius 2 is 2.13 bits per heavy atom. The third-order valence-electron chi connectivity index (χ3n) is 5.12. The van der Waals surface area contributed by atoms with Crippen LogP contribution in [0.4, 0.5) is 0 Å². The molecule has 1 aliphatic heterocycles. The first kappa shape index (κ1) is 25.4. The van der Waals surface area contributed by atoms with Gasteiger partial charge in [-0.1, -0.05) is 51.6 Å². The summed E-state index contributed by atoms with van der Waals surface area (Å²) in [6, 6.07) is 5.01. The predicted octanol–water partition coefficient (Wildman–Crippen LogP) is 4.34. The van der Waals surface area contributed by atoms with Crippen LogP contribution in [0.2, 0.25) is 0 Å². The SMILES string of the molecule is C.C=CCOC(=O)/C=C/C[C@H]1C[C@@H](O)[C@@H](C)CCCCc2cccc(O)c2C(=O)O1. The lowest BCUT2D eigenvalue weighted by Gasteiger charge is -2.25. The van der Waals surface area contributed by atoms with Crippen LogP contribution in [0.5, 0.6) is 5.75 Å². The maximum absolute atomic E-state index is 12.8. The molecule has 6 heteroatoms. The van der Waals surface area contributed by atoms with E-state index in [2.05, 4.69) is 6.58 Å². The number of rotatable bonds is 5. The highest BCUT2D eigenvalue weighted by Crippen LogP contribution is 2.27. The van der Waals surface area contributed by atoms with Crippen molar-refractivity contribution in [2.45, 2.75) is 65.1 Å². The average Bonchev–Trinajstić information content (AvgIpc) is 2.68. The van der Waals surface area contributed by atoms with E-state index in [4.69, 9.17) is 9.47 Å². The number of hydrogen-bond acceptors (Lipinski definition) is 6. The predicted molar refractivity (Wildman–Crippen MR) is 116 cm³/mol. The normalized spacial score (nSPS) is 22.6. The molecule has 6 nitrogen and oxygen atoms in total. The van der Waals surface area contributed by atoms with Gasteiger partial charge in [0.1, 0.15) is 24.0 Å². The van der Waals surface area contributed by atoms with E-state index in [1.807, 2.05) is 13.0 Å². The molecule has 0 bridgehead atoms. The molecule has 2 N–H and O–H groups in total. The number of benzene rings is 1. The van der Waals surface area contributed by atoms with Crippen LogP contribution >= 0.6 is 0 Å². The lowest BCUT2D eigenvalue weighted by Crippen LogP contribution is -2.28. The van der Waals surface area contributed by atoms with Crippen molar-refractivity contribution in [2.24, 2.45) is 5.92 Å². The number of esters is 2. The second-order valence-corrected chi connectivity index (χ2v) is 7.42. The summed E-state index contributed by atoms with van der Waals surface area (Å²) in [5.41, 5.74) is 0.932. The first-order chi connectivity index (χ1) is 13.9. The Morgan fingerprint density at radius 1 is 1.37 bits per heavy atom. The second-order valence-electron chi connectivity index (χ2n) is 7.42. The Kier molecular flexibility index (Phi) is 10.9. The van der Waals surface area contributed by atoms with Crippen molar-refractivity contribution in [1.29, 1.82) is 0 Å². The number of aryl methyl sites for hydroxylation is 1. The molecule has 166 valence electrons. The molecular formula is C24H34O6. The molecule has 0 spiro atoms. The minimum Gasteiger partial charge on any atom is -0.507 e. The van der Waals surface area contributed by atoms with Gasteiger partial charge >= 0.3 is 11.9 Å². The molecule has 1 heterocycles. The van der Waals surface area contributed by atoms with Gasteiger partial charge in [-0.2, -0.15) is 0 Å². The summed E-state index contributed by atoms with van der Waals surface area (Å²) in [5.74, 6) is -1.17. The third-order valence-corrected chi connectivity index (χ3v) is 5.12. The minimum absolute atomic E-state index is 0. The van der Waals surface area contributed by atoms with Crippen LogP contribution in [0.1, 0.15) is 62.4 Å². The zero-order chi connectivity index (χ0) is 21.2. The van der Waals surface area contributed by atoms with Crippen molar-refractivity contribution in [2.75, 3.05) is 6.61 Å². The second kappa shape index (κ2) is 12.9. The molecule has 3 atom stereocenters. The Bertz CT molecular complexity index is 739. The molecule has 0 saturated heterocycles. The van der Waals surface area contributed by atoms with Gasteiger partial charge in [0.25, 0.3) is 0 Å². The Labute approximate surface area is 179 Å². The van der Waals surface area contributed by atoms with Gasteiger partial charge in [-0.25, -0.2) is 9.59 Å². The van der Waals surface area contributed by atoms with E-state index in [0.717, 1.165) is 24.8 Å². The fourth-order valence-electron chi connectivity index (χ4n) is 3.41. The monoisotopic (exact) mass is 418 g/mol. The summed E-state index contributed by atoms with van der Waals surface area (Å²) in [6.45, 7) is 5.58. The average molecular weight is 419 g/mol. The summed E-state index contributed by atoms with van der Waals surface area (Å²) in [7, 11) is 0. The number of phenols is 1. The molecule has 0 aliphatic carbocycles. The zero-order valence-electron chi connectivity index (χ0n) is 16.9. The number of carbonyl (C=O) groups excluding carboxylic acids is 2. The minimum atomic E-state index is -0.629. The number of aliphatic hydroxyl groups is 1. The van der Waals surface area contributed by atoms with Crippen LogP contribution in [-0.4, -0.2) is 41.0 Å². The van der Waals surface area contributed by atoms with Crippen molar-refractivity contribution >= 4 is 11.9 Å². The van der Waals surface area contributed by atoms with Gasteiger partial charge in [0.2, 0.25) is 0 Å². The van der Waals surface area contributed by atoms with Gasteiger partial charge < -0.3 is 19.7 Å². The van der Waals surface area contributed by atoms with Crippen molar-refractivity contribution in [3.05, 3.63) is 54.1 Å². The number of carbonyl (C=O) groups is 2. The van der Waals surface area contributed by atoms with E-state index < -0.39 is 24.1 Å². The summed E-state index contributed by atoms with van der Waals surface area (Å²) >= 11 is 0. The van der Waals surface area contributed by atoms with Crippen LogP contribution in [0, 0.1) is 5.92 Å². The highest BCUT2D eigenvalue weighted by Gasteiger charge is 2.26. The number of aromatic hydroxyl groups is 1. The maximum atomic E-state index is 12.8. The van der Waals surface area contributed by atoms with Crippen molar-refractivity contribution in [1.82, 2.24) is 0 Å². The van der Waals surface area contributed by atoms with Gasteiger partial charge in [-0.3, -0.25) is 0 Å². The number of ether oxygens (including phenoxy) is 2. The molecule has 0 saturated carbocycles. The smallest absolute Gasteiger partial charge is 0.342 e. The van der Waals surface area contributed by atoms with Crippen LogP contribution in [0.3, 0.4) is 0 Å². The summed E-state index contributed by atoms with van der Waals surface area (Å²) in [4.78, 5) is 24.4. The van der Waals surface area contributed by atoms with E-state index in [1.165, 1.54) is 18.2 Å². The van der Waals surface area contributed by atoms with Crippen molar-refractivity contribution < 1.29 is 29.3 Å². The number of fused-ring (bicyclic) bond motifs is 1. The van der Waals surface area contributed by atoms with Crippen molar-refractivity contribution in [3.8, 4) is 5.75 Å². The third kappa shape index (κ3) is 7.67. The van der Waals surface area contributed by atoms with Gasteiger partial charge in [0.05, 0.1) is 6.10 Å². The zero-order valence-corrected chi connectivity index (χ0v) is 16.9. The number of aliphatic hydroxyl groups excluding tert-OH is 1. The maximum Gasteiger partial charge on any atom is 0.342 e. The van der Waals surface area contributed by atoms with E-state index in [1.54, 1.807) is 12.1 Å². The Hall–Kier alpha value is -2.60. The molecule has 0 unspecified atom stereocenters. The molecule has 2 rings (SSSR count). The van der Waals surface area contributed by atoms with E-state index in [0.29, 0.717) is 6.42 Å². The molecular weight excluding hydrogens is 384 g/mol. The van der Waals surface area contributed by atoms with Crippen LogP contribution < -0.4 is 0 Å². The molecule has 1 aromatic rings. The molecule has 30 heavy (non-hydrogen) atoms. The fraction of sp³-hybridized carbons (Fsp3) is 0.500. The van der Waals surface area contributed by atoms with Gasteiger partial charge in [0.15, 0.2) is 0 Å². The van der Waals surface area contributed by atoms with Gasteiger partial charge in [-0.15, -0.1) is 0 Å². The fourth-order valence-corrected chi connectivity index (χ4v) is 3.41. The standard InChI is InChI=1S/C23H30O6.CH4/c1-3-14-28-21(26)13-7-11-18-15-20(25)16(2)8-4-5-9-17-10-6-12-19(24)22(17)23(27)29-18;/h3,6-7,10,12-13,16,18,20,24-25H,1,4-5,8-9,11,14-15H2,2H3;1H4/b13-7+;/t16-,18-,20+;/m0./s1. The van der Waals surface area contributed by atoms with E-state index in [-0.39, 0.29) is 44.1 Å². The highest BCUT2D eigenvalue weighted by atomic mass is 16.5. The topological polar surface area (TPSA) is 93.1 Å². The molecule has 1 aliphatic rings. The number of phenolic OH excluding ortho intramolecular Hbond substituents is 1. The molecule has 0 aromatic heterocycles. The molecule has 0 radical (unpaired) electrons. The molecule has 0 amide bonds. The van der Waals surface area contributed by atoms with Gasteiger partial charge in [-0.05, 0) is 36.8 Å². The number of hydrogen-bond donors (Lipinski definition) is 2. The summed E-state index contributed by atoms with van der Waals surface area (Å²) in [5, 5.41) is 20.7. The first-order valence-corrected chi connectivity index (χ1v) is 10.1. The highest BCUT2D eigenvalue weighted by molar-refractivity contribution is 5.94. The number of cyclic esters (lactones) is 1.